The van der Waals surface area contributed by atoms with Gasteiger partial charge in [-0.1, -0.05) is 44.9 Å². The van der Waals surface area contributed by atoms with Crippen LogP contribution in [0.1, 0.15) is 55.3 Å². The SMILES string of the molecule is CO[C@@H]1c2ccccc2C(=O)N1[C@@H]1CCC[C@@H](C)[C@@H]1C. The van der Waals surface area contributed by atoms with Gasteiger partial charge in [-0.15, -0.1) is 0 Å². The van der Waals surface area contributed by atoms with Crippen LogP contribution in [-0.2, 0) is 4.74 Å². The number of nitrogens with zero attached hydrogens (tertiary/aromatic N) is 1. The zero-order valence-electron chi connectivity index (χ0n) is 12.5. The maximum Gasteiger partial charge on any atom is 0.256 e. The lowest BCUT2D eigenvalue weighted by Crippen LogP contribution is -2.46. The van der Waals surface area contributed by atoms with E-state index in [1.807, 2.05) is 29.2 Å². The molecule has 1 aliphatic carbocycles. The fourth-order valence-corrected chi connectivity index (χ4v) is 3.81. The Hall–Kier alpha value is -1.35. The molecule has 1 aromatic carbocycles. The predicted octanol–water partition coefficient (Wildman–Crippen LogP) is 3.61. The predicted molar refractivity (Wildman–Crippen MR) is 78.3 cm³/mol. The summed E-state index contributed by atoms with van der Waals surface area (Å²) in [5, 5.41) is 0. The standard InChI is InChI=1S/C17H23NO2/c1-11-7-6-10-15(12(11)2)18-16(19)13-8-4-5-9-14(13)17(18)20-3/h4-5,8-9,11-12,15,17H,6-7,10H2,1-3H3/t11-,12+,15-,17-/m1/s1. The molecule has 0 bridgehead atoms. The molecular weight excluding hydrogens is 250 g/mol. The van der Waals surface area contributed by atoms with Crippen LogP contribution in [0, 0.1) is 11.8 Å². The molecule has 0 unspecified atom stereocenters. The van der Waals surface area contributed by atoms with E-state index in [1.165, 1.54) is 12.8 Å². The van der Waals surface area contributed by atoms with E-state index in [0.717, 1.165) is 17.5 Å². The average Bonchev–Trinajstić information content (AvgIpc) is 2.75. The molecule has 2 aliphatic rings. The third kappa shape index (κ3) is 1.96. The fourth-order valence-electron chi connectivity index (χ4n) is 3.81. The molecule has 108 valence electrons. The molecule has 1 aliphatic heterocycles. The highest BCUT2D eigenvalue weighted by Gasteiger charge is 2.44. The zero-order valence-corrected chi connectivity index (χ0v) is 12.5. The van der Waals surface area contributed by atoms with Crippen molar-refractivity contribution < 1.29 is 9.53 Å². The number of benzene rings is 1. The third-order valence-corrected chi connectivity index (χ3v) is 5.19. The van der Waals surface area contributed by atoms with E-state index >= 15 is 0 Å². The van der Waals surface area contributed by atoms with Gasteiger partial charge in [0.1, 0.15) is 0 Å². The monoisotopic (exact) mass is 273 g/mol. The molecule has 0 saturated heterocycles. The highest BCUT2D eigenvalue weighted by molar-refractivity contribution is 5.99. The quantitative estimate of drug-likeness (QED) is 0.823. The van der Waals surface area contributed by atoms with Crippen LogP contribution in [-0.4, -0.2) is 24.0 Å². The zero-order chi connectivity index (χ0) is 14.3. The highest BCUT2D eigenvalue weighted by atomic mass is 16.5. The van der Waals surface area contributed by atoms with Gasteiger partial charge in [-0.3, -0.25) is 4.79 Å². The molecule has 1 fully saturated rings. The Labute approximate surface area is 120 Å². The van der Waals surface area contributed by atoms with Crippen LogP contribution in [0.15, 0.2) is 24.3 Å². The maximum atomic E-state index is 12.8. The average molecular weight is 273 g/mol. The van der Waals surface area contributed by atoms with Crippen LogP contribution in [0.25, 0.3) is 0 Å². The Morgan fingerprint density at radius 3 is 2.70 bits per heavy atom. The summed E-state index contributed by atoms with van der Waals surface area (Å²) in [6, 6.07) is 8.14. The molecule has 1 heterocycles. The van der Waals surface area contributed by atoms with Crippen molar-refractivity contribution in [3.8, 4) is 0 Å². The van der Waals surface area contributed by atoms with Crippen molar-refractivity contribution in [2.45, 2.75) is 45.4 Å². The highest BCUT2D eigenvalue weighted by Crippen LogP contribution is 2.42. The lowest BCUT2D eigenvalue weighted by molar-refractivity contribution is -0.0536. The summed E-state index contributed by atoms with van der Waals surface area (Å²) in [4.78, 5) is 14.8. The number of ether oxygens (including phenoxy) is 1. The summed E-state index contributed by atoms with van der Waals surface area (Å²) in [6.45, 7) is 4.57. The summed E-state index contributed by atoms with van der Waals surface area (Å²) in [7, 11) is 1.70. The number of rotatable bonds is 2. The van der Waals surface area contributed by atoms with Gasteiger partial charge in [0.25, 0.3) is 5.91 Å². The minimum Gasteiger partial charge on any atom is -0.357 e. The summed E-state index contributed by atoms with van der Waals surface area (Å²) in [6.07, 6.45) is 3.35. The van der Waals surface area contributed by atoms with E-state index in [-0.39, 0.29) is 12.1 Å². The number of carbonyl (C=O) groups excluding carboxylic acids is 1. The summed E-state index contributed by atoms with van der Waals surface area (Å²) < 4.78 is 5.66. The molecular formula is C17H23NO2. The van der Waals surface area contributed by atoms with Gasteiger partial charge in [-0.05, 0) is 24.3 Å². The van der Waals surface area contributed by atoms with E-state index in [1.54, 1.807) is 7.11 Å². The number of amides is 1. The van der Waals surface area contributed by atoms with E-state index in [9.17, 15) is 4.79 Å². The Morgan fingerprint density at radius 2 is 1.95 bits per heavy atom. The van der Waals surface area contributed by atoms with Crippen LogP contribution in [0.5, 0.6) is 0 Å². The normalized spacial score (nSPS) is 33.4. The summed E-state index contributed by atoms with van der Waals surface area (Å²) >= 11 is 0. The maximum absolute atomic E-state index is 12.8. The smallest absolute Gasteiger partial charge is 0.256 e. The van der Waals surface area contributed by atoms with Crippen molar-refractivity contribution >= 4 is 5.91 Å². The van der Waals surface area contributed by atoms with Gasteiger partial charge in [0.15, 0.2) is 6.23 Å². The van der Waals surface area contributed by atoms with Crippen LogP contribution < -0.4 is 0 Å². The molecule has 1 aromatic rings. The number of carbonyl (C=O) groups is 1. The first kappa shape index (κ1) is 13.6. The topological polar surface area (TPSA) is 29.5 Å². The van der Waals surface area contributed by atoms with Crippen molar-refractivity contribution in [2.24, 2.45) is 11.8 Å². The summed E-state index contributed by atoms with van der Waals surface area (Å²) in [5.74, 6) is 1.33. The van der Waals surface area contributed by atoms with Crippen LogP contribution in [0.2, 0.25) is 0 Å². The van der Waals surface area contributed by atoms with Crippen molar-refractivity contribution in [3.63, 3.8) is 0 Å². The number of fused-ring (bicyclic) bond motifs is 1. The first-order chi connectivity index (χ1) is 9.65. The molecule has 20 heavy (non-hydrogen) atoms. The van der Waals surface area contributed by atoms with E-state index in [4.69, 9.17) is 4.74 Å². The molecule has 4 atom stereocenters. The molecule has 3 nitrogen and oxygen atoms in total. The molecule has 1 saturated carbocycles. The molecule has 0 aromatic heterocycles. The minimum atomic E-state index is -0.212. The molecule has 3 heteroatoms. The van der Waals surface area contributed by atoms with Gasteiger partial charge in [0.05, 0.1) is 0 Å². The van der Waals surface area contributed by atoms with Crippen molar-refractivity contribution in [1.82, 2.24) is 4.90 Å². The third-order valence-electron chi connectivity index (χ3n) is 5.19. The first-order valence-electron chi connectivity index (χ1n) is 7.59. The molecule has 0 N–H and O–H groups in total. The summed E-state index contributed by atoms with van der Waals surface area (Å²) in [5.41, 5.74) is 1.83. The van der Waals surface area contributed by atoms with Crippen LogP contribution in [0.4, 0.5) is 0 Å². The lowest BCUT2D eigenvalue weighted by Gasteiger charge is -2.42. The Morgan fingerprint density at radius 1 is 1.20 bits per heavy atom. The minimum absolute atomic E-state index is 0.137. The van der Waals surface area contributed by atoms with Crippen molar-refractivity contribution in [1.29, 1.82) is 0 Å². The van der Waals surface area contributed by atoms with Crippen LogP contribution in [0.3, 0.4) is 0 Å². The second-order valence-electron chi connectivity index (χ2n) is 6.22. The van der Waals surface area contributed by atoms with Crippen molar-refractivity contribution in [2.75, 3.05) is 7.11 Å². The van der Waals surface area contributed by atoms with Crippen molar-refractivity contribution in [3.05, 3.63) is 35.4 Å². The molecule has 1 amide bonds. The second-order valence-corrected chi connectivity index (χ2v) is 6.22. The molecule has 0 spiro atoms. The van der Waals surface area contributed by atoms with Gasteiger partial charge in [0, 0.05) is 24.3 Å². The van der Waals surface area contributed by atoms with E-state index in [0.29, 0.717) is 17.9 Å². The van der Waals surface area contributed by atoms with E-state index in [2.05, 4.69) is 13.8 Å². The number of hydrogen-bond acceptors (Lipinski definition) is 2. The van der Waals surface area contributed by atoms with E-state index < -0.39 is 0 Å². The lowest BCUT2D eigenvalue weighted by atomic mass is 9.77. The Kier molecular flexibility index (Phi) is 3.55. The van der Waals surface area contributed by atoms with Gasteiger partial charge in [-0.2, -0.15) is 0 Å². The van der Waals surface area contributed by atoms with Gasteiger partial charge < -0.3 is 9.64 Å². The Bertz CT molecular complexity index is 513. The van der Waals surface area contributed by atoms with Gasteiger partial charge >= 0.3 is 0 Å². The van der Waals surface area contributed by atoms with Gasteiger partial charge in [-0.25, -0.2) is 0 Å². The van der Waals surface area contributed by atoms with Crippen LogP contribution >= 0.6 is 0 Å². The number of methoxy groups -OCH3 is 1. The first-order valence-corrected chi connectivity index (χ1v) is 7.59. The Balaban J connectivity index is 1.96. The second kappa shape index (κ2) is 5.21. The molecule has 3 rings (SSSR count). The number of hydrogen-bond donors (Lipinski definition) is 0. The fraction of sp³-hybridized carbons (Fsp3) is 0.588. The molecule has 0 radical (unpaired) electrons. The largest absolute Gasteiger partial charge is 0.357 e. The van der Waals surface area contributed by atoms with Gasteiger partial charge in [0.2, 0.25) is 0 Å².